The number of ether oxygens (including phenoxy) is 1. The third-order valence-electron chi connectivity index (χ3n) is 4.46. The highest BCUT2D eigenvalue weighted by atomic mass is 35.5. The van der Waals surface area contributed by atoms with Gasteiger partial charge >= 0.3 is 0 Å². The number of rotatable bonds is 5. The van der Waals surface area contributed by atoms with Gasteiger partial charge < -0.3 is 4.74 Å². The second-order valence-corrected chi connectivity index (χ2v) is 6.89. The van der Waals surface area contributed by atoms with E-state index >= 15 is 0 Å². The first-order chi connectivity index (χ1) is 12.9. The average Bonchev–Trinajstić information content (AvgIpc) is 3.12. The minimum Gasteiger partial charge on any atom is -0.354 e. The van der Waals surface area contributed by atoms with E-state index < -0.39 is 28.5 Å². The number of benzene rings is 2. The fourth-order valence-electron chi connectivity index (χ4n) is 3.19. The fraction of sp³-hybridized carbons (Fsp3) is 0.167. The lowest BCUT2D eigenvalue weighted by Crippen LogP contribution is -2.23. The van der Waals surface area contributed by atoms with Crippen molar-refractivity contribution >= 4 is 29.3 Å². The molecule has 138 valence electrons. The minimum absolute atomic E-state index is 0.00589. The third kappa shape index (κ3) is 3.13. The molecular weight excluding hydrogens is 396 g/mol. The predicted octanol–water partition coefficient (Wildman–Crippen LogP) is 3.95. The van der Waals surface area contributed by atoms with E-state index in [0.29, 0.717) is 10.6 Å². The summed E-state index contributed by atoms with van der Waals surface area (Å²) < 4.78 is 35.2. The van der Waals surface area contributed by atoms with Gasteiger partial charge in [-0.25, -0.2) is 18.4 Å². The van der Waals surface area contributed by atoms with Crippen molar-refractivity contribution in [3.05, 3.63) is 82.4 Å². The molecule has 2 heterocycles. The molecule has 0 amide bonds. The van der Waals surface area contributed by atoms with Gasteiger partial charge in [0.15, 0.2) is 0 Å². The van der Waals surface area contributed by atoms with Crippen molar-refractivity contribution in [2.45, 2.75) is 18.2 Å². The van der Waals surface area contributed by atoms with Crippen LogP contribution in [0.3, 0.4) is 0 Å². The normalized spacial score (nSPS) is 21.3. The summed E-state index contributed by atoms with van der Waals surface area (Å²) >= 11 is 10.0. The maximum Gasteiger partial charge on any atom is 0.253 e. The maximum absolute atomic E-state index is 14.6. The number of hydrogen-bond donors (Lipinski definition) is 1. The van der Waals surface area contributed by atoms with E-state index in [9.17, 15) is 13.6 Å². The van der Waals surface area contributed by atoms with Crippen LogP contribution in [-0.2, 0) is 16.9 Å². The highest BCUT2D eigenvalue weighted by molar-refractivity contribution is 7.97. The monoisotopic (exact) mass is 407 g/mol. The molecule has 0 radical (unpaired) electrons. The van der Waals surface area contributed by atoms with Crippen LogP contribution in [0.5, 0.6) is 0 Å². The molecule has 1 fully saturated rings. The molecule has 3 aromatic rings. The lowest BCUT2D eigenvalue weighted by atomic mass is 9.91. The van der Waals surface area contributed by atoms with E-state index in [2.05, 4.69) is 22.7 Å². The van der Waals surface area contributed by atoms with Crippen LogP contribution in [0.4, 0.5) is 8.78 Å². The first-order valence-corrected chi connectivity index (χ1v) is 8.74. The van der Waals surface area contributed by atoms with E-state index in [4.69, 9.17) is 16.3 Å². The van der Waals surface area contributed by atoms with Crippen LogP contribution in [0, 0.1) is 11.6 Å². The quantitative estimate of drug-likeness (QED) is 0.514. The van der Waals surface area contributed by atoms with E-state index in [1.165, 1.54) is 17.1 Å². The van der Waals surface area contributed by atoms with Crippen LogP contribution >= 0.6 is 24.2 Å². The van der Waals surface area contributed by atoms with Gasteiger partial charge in [-0.2, -0.15) is 5.10 Å². The van der Waals surface area contributed by atoms with Crippen molar-refractivity contribution < 1.29 is 18.3 Å². The molecule has 5 nitrogen and oxygen atoms in total. The van der Waals surface area contributed by atoms with Gasteiger partial charge in [-0.3, -0.25) is 4.79 Å². The molecule has 1 aromatic heterocycles. The van der Waals surface area contributed by atoms with Gasteiger partial charge in [-0.1, -0.05) is 48.5 Å². The van der Waals surface area contributed by atoms with Crippen molar-refractivity contribution in [3.8, 4) is 0 Å². The third-order valence-corrected chi connectivity index (χ3v) is 5.00. The Morgan fingerprint density at radius 3 is 2.78 bits per heavy atom. The topological polar surface area (TPSA) is 60.3 Å². The molecular formula is C18H12ClF2N3O2S. The molecule has 9 heteroatoms. The molecule has 0 unspecified atom stereocenters. The largest absolute Gasteiger partial charge is 0.354 e. The summed E-state index contributed by atoms with van der Waals surface area (Å²) in [6, 6.07) is 10.3. The number of carbonyl (C=O) groups excluding carboxylic acids is 1. The Bertz CT molecular complexity index is 1040. The number of nitrogens with zero attached hydrogens (tertiary/aromatic N) is 3. The van der Waals surface area contributed by atoms with Crippen LogP contribution < -0.4 is 0 Å². The summed E-state index contributed by atoms with van der Waals surface area (Å²) in [6.07, 6.45) is 0.601. The molecule has 4 rings (SSSR count). The number of aromatic nitrogens is 3. The number of carbonyl (C=O) groups is 1. The lowest BCUT2D eigenvalue weighted by molar-refractivity contribution is 0.107. The molecule has 1 aliphatic heterocycles. The Balaban J connectivity index is 1.81. The van der Waals surface area contributed by atoms with Gasteiger partial charge in [-0.15, -0.1) is 0 Å². The summed E-state index contributed by atoms with van der Waals surface area (Å²) in [6.45, 7) is -0.0208. The Morgan fingerprint density at radius 2 is 2.07 bits per heavy atom. The van der Waals surface area contributed by atoms with E-state index in [1.807, 2.05) is 0 Å². The molecule has 1 saturated heterocycles. The summed E-state index contributed by atoms with van der Waals surface area (Å²) in [5.41, 5.74) is -0.419. The number of halogens is 3. The minimum atomic E-state index is -1.21. The molecule has 2 aromatic carbocycles. The van der Waals surface area contributed by atoms with Gasteiger partial charge in [0, 0.05) is 22.2 Å². The van der Waals surface area contributed by atoms with Crippen molar-refractivity contribution in [3.63, 3.8) is 0 Å². The maximum atomic E-state index is 14.6. The number of thiol groups is 1. The summed E-state index contributed by atoms with van der Waals surface area (Å²) in [5.74, 6) is -1.47. The molecule has 27 heavy (non-hydrogen) atoms. The Hall–Kier alpha value is -2.29. The van der Waals surface area contributed by atoms with E-state index in [0.717, 1.165) is 12.1 Å². The molecule has 0 aliphatic carbocycles. The smallest absolute Gasteiger partial charge is 0.253 e. The molecule has 2 atom stereocenters. The van der Waals surface area contributed by atoms with Crippen molar-refractivity contribution in [2.24, 2.45) is 0 Å². The van der Waals surface area contributed by atoms with Gasteiger partial charge in [0.25, 0.3) is 5.12 Å². The lowest BCUT2D eigenvalue weighted by Gasteiger charge is -2.16. The molecule has 1 aliphatic rings. The molecule has 0 spiro atoms. The average molecular weight is 408 g/mol. The Kier molecular flexibility index (Phi) is 4.49. The van der Waals surface area contributed by atoms with Crippen LogP contribution in [0.25, 0.3) is 0 Å². The van der Waals surface area contributed by atoms with Crippen LogP contribution in [-0.4, -0.2) is 19.9 Å². The highest BCUT2D eigenvalue weighted by Gasteiger charge is 2.61. The molecule has 0 N–H and O–H groups in total. The van der Waals surface area contributed by atoms with Gasteiger partial charge in [0.1, 0.15) is 29.7 Å². The number of epoxide rings is 1. The van der Waals surface area contributed by atoms with Gasteiger partial charge in [-0.05, 0) is 12.1 Å². The Morgan fingerprint density at radius 1 is 1.30 bits per heavy atom. The summed E-state index contributed by atoms with van der Waals surface area (Å²) in [5, 5.41) is 3.88. The summed E-state index contributed by atoms with van der Waals surface area (Å²) in [4.78, 5) is 15.5. The van der Waals surface area contributed by atoms with E-state index in [-0.39, 0.29) is 17.9 Å². The highest BCUT2D eigenvalue weighted by Crippen LogP contribution is 2.59. The second kappa shape index (κ2) is 6.70. The van der Waals surface area contributed by atoms with Gasteiger partial charge in [0.05, 0.1) is 6.54 Å². The zero-order valence-electron chi connectivity index (χ0n) is 13.6. The fourth-order valence-corrected chi connectivity index (χ4v) is 3.60. The Labute approximate surface area is 163 Å². The van der Waals surface area contributed by atoms with Crippen LogP contribution in [0.15, 0.2) is 48.8 Å². The standard InChI is InChI=1S/C18H12ClF2N3O2S/c19-13-4-2-1-3-11(13)15-18(26-15,12-6-5-10(20)7-14(12)21)8-24-16(17(25)27)22-9-23-24/h1-7,9,15H,8H2,(H,25,27)/t15-,18-/m1/s1. The van der Waals surface area contributed by atoms with Crippen LogP contribution in [0.1, 0.15) is 27.8 Å². The summed E-state index contributed by atoms with van der Waals surface area (Å²) in [7, 11) is 0. The van der Waals surface area contributed by atoms with Crippen molar-refractivity contribution in [1.29, 1.82) is 0 Å². The molecule has 0 saturated carbocycles. The number of hydrogen-bond acceptors (Lipinski definition) is 4. The van der Waals surface area contributed by atoms with Gasteiger partial charge in [0.2, 0.25) is 5.82 Å². The first kappa shape index (κ1) is 18.1. The zero-order valence-corrected chi connectivity index (χ0v) is 15.3. The first-order valence-electron chi connectivity index (χ1n) is 7.91. The van der Waals surface area contributed by atoms with Crippen molar-refractivity contribution in [1.82, 2.24) is 14.8 Å². The zero-order chi connectivity index (χ0) is 19.2. The predicted molar refractivity (Wildman–Crippen MR) is 96.7 cm³/mol. The molecule has 0 bridgehead atoms. The van der Waals surface area contributed by atoms with E-state index in [1.54, 1.807) is 24.3 Å². The van der Waals surface area contributed by atoms with Crippen LogP contribution in [0.2, 0.25) is 5.02 Å². The van der Waals surface area contributed by atoms with Crippen molar-refractivity contribution in [2.75, 3.05) is 0 Å². The second-order valence-electron chi connectivity index (χ2n) is 6.08. The SMILES string of the molecule is O=C(S)c1ncnn1C[C@]1(c2ccc(F)cc2F)O[C@@H]1c1ccccc1Cl.